The lowest BCUT2D eigenvalue weighted by Crippen LogP contribution is -1.97. The van der Waals surface area contributed by atoms with Crippen LogP contribution in [-0.2, 0) is 0 Å². The Labute approximate surface area is 87.6 Å². The van der Waals surface area contributed by atoms with E-state index in [1.165, 1.54) is 0 Å². The van der Waals surface area contributed by atoms with Crippen molar-refractivity contribution in [1.82, 2.24) is 0 Å². The second kappa shape index (κ2) is 4.77. The normalized spacial score (nSPS) is 10.7. The van der Waals surface area contributed by atoms with Crippen LogP contribution in [0.1, 0.15) is 22.8 Å². The summed E-state index contributed by atoms with van der Waals surface area (Å²) in [4.78, 5) is 14.6. The number of carbonyl (C=O) groups is 1. The molecule has 0 unspecified atom stereocenters. The zero-order valence-electron chi connectivity index (χ0n) is 7.83. The summed E-state index contributed by atoms with van der Waals surface area (Å²) in [5.41, 5.74) is 7.26. The lowest BCUT2D eigenvalue weighted by molar-refractivity contribution is 0.112. The molecule has 14 heavy (non-hydrogen) atoms. The van der Waals surface area contributed by atoms with Crippen LogP contribution in [0.3, 0.4) is 0 Å². The number of rotatable bonds is 3. The van der Waals surface area contributed by atoms with Gasteiger partial charge >= 0.3 is 0 Å². The fraction of sp³-hybridized carbons (Fsp3) is 0.200. The van der Waals surface area contributed by atoms with Gasteiger partial charge in [0.15, 0.2) is 6.29 Å². The maximum absolute atomic E-state index is 10.6. The number of halogens is 1. The Morgan fingerprint density at radius 1 is 1.57 bits per heavy atom. The molecule has 0 aromatic heterocycles. The molecule has 0 amide bonds. The molecule has 2 N–H and O–H groups in total. The van der Waals surface area contributed by atoms with Crippen molar-refractivity contribution in [2.24, 2.45) is 4.99 Å². The number of nitrogens with zero attached hydrogens (tertiary/aromatic N) is 1. The predicted octanol–water partition coefficient (Wildman–Crippen LogP) is 2.17. The minimum atomic E-state index is 0.359. The molecule has 1 aromatic rings. The zero-order chi connectivity index (χ0) is 10.6. The molecule has 74 valence electrons. The first-order valence-corrected chi connectivity index (χ1v) is 4.61. The molecule has 3 nitrogen and oxygen atoms in total. The second-order valence-corrected chi connectivity index (χ2v) is 3.10. The maximum Gasteiger partial charge on any atom is 0.151 e. The number of aldehydes is 1. The van der Waals surface area contributed by atoms with Crippen LogP contribution in [0.2, 0.25) is 5.02 Å². The monoisotopic (exact) mass is 210 g/mol. The molecule has 0 saturated heterocycles. The molecular formula is C10H11ClN2O. The third kappa shape index (κ3) is 2.12. The van der Waals surface area contributed by atoms with Crippen LogP contribution in [0.5, 0.6) is 0 Å². The van der Waals surface area contributed by atoms with Gasteiger partial charge in [0.25, 0.3) is 0 Å². The summed E-state index contributed by atoms with van der Waals surface area (Å²) in [7, 11) is 0. The Bertz CT molecular complexity index is 375. The molecule has 1 rings (SSSR count). The zero-order valence-corrected chi connectivity index (χ0v) is 8.58. The molecule has 0 aliphatic heterocycles. The van der Waals surface area contributed by atoms with Gasteiger partial charge in [0.1, 0.15) is 0 Å². The quantitative estimate of drug-likeness (QED) is 0.472. The Hall–Kier alpha value is -1.35. The summed E-state index contributed by atoms with van der Waals surface area (Å²) in [5, 5.41) is 0.359. The molecule has 0 aliphatic carbocycles. The third-order valence-corrected chi connectivity index (χ3v) is 2.20. The number of nitrogen functional groups attached to an aromatic ring is 1. The molecule has 0 atom stereocenters. The lowest BCUT2D eigenvalue weighted by Gasteiger charge is -2.04. The number of hydrogen-bond acceptors (Lipinski definition) is 3. The van der Waals surface area contributed by atoms with Crippen molar-refractivity contribution in [3.8, 4) is 0 Å². The number of anilines is 1. The highest BCUT2D eigenvalue weighted by Crippen LogP contribution is 2.23. The van der Waals surface area contributed by atoms with Crippen LogP contribution >= 0.6 is 11.6 Å². The van der Waals surface area contributed by atoms with Gasteiger partial charge in [-0.3, -0.25) is 9.79 Å². The van der Waals surface area contributed by atoms with E-state index in [1.807, 2.05) is 6.92 Å². The first-order chi connectivity index (χ1) is 6.70. The van der Waals surface area contributed by atoms with Crippen molar-refractivity contribution in [3.63, 3.8) is 0 Å². The van der Waals surface area contributed by atoms with Gasteiger partial charge in [-0.25, -0.2) is 0 Å². The Kier molecular flexibility index (Phi) is 3.65. The molecular weight excluding hydrogens is 200 g/mol. The van der Waals surface area contributed by atoms with Gasteiger partial charge < -0.3 is 5.73 Å². The van der Waals surface area contributed by atoms with Gasteiger partial charge in [-0.2, -0.15) is 0 Å². The highest BCUT2D eigenvalue weighted by Gasteiger charge is 2.06. The van der Waals surface area contributed by atoms with E-state index in [9.17, 15) is 4.79 Å². The average molecular weight is 211 g/mol. The SMILES string of the molecule is CCN=Cc1c(N)ccc(C=O)c1Cl. The molecule has 0 spiro atoms. The highest BCUT2D eigenvalue weighted by atomic mass is 35.5. The maximum atomic E-state index is 10.6. The van der Waals surface area contributed by atoms with Crippen LogP contribution in [0, 0.1) is 0 Å². The van der Waals surface area contributed by atoms with Gasteiger partial charge in [0, 0.05) is 29.6 Å². The van der Waals surface area contributed by atoms with E-state index in [1.54, 1.807) is 18.3 Å². The average Bonchev–Trinajstić information content (AvgIpc) is 2.18. The standard InChI is InChI=1S/C10H11ClN2O/c1-2-13-5-8-9(12)4-3-7(6-14)10(8)11/h3-6H,2,12H2,1H3. The van der Waals surface area contributed by atoms with Gasteiger partial charge in [-0.15, -0.1) is 0 Å². The van der Waals surface area contributed by atoms with E-state index < -0.39 is 0 Å². The van der Waals surface area contributed by atoms with E-state index in [4.69, 9.17) is 17.3 Å². The van der Waals surface area contributed by atoms with E-state index in [0.717, 1.165) is 0 Å². The Balaban J connectivity index is 3.25. The van der Waals surface area contributed by atoms with Crippen molar-refractivity contribution >= 4 is 29.8 Å². The van der Waals surface area contributed by atoms with Gasteiger partial charge in [-0.05, 0) is 19.1 Å². The van der Waals surface area contributed by atoms with Crippen molar-refractivity contribution < 1.29 is 4.79 Å². The van der Waals surface area contributed by atoms with Crippen molar-refractivity contribution in [1.29, 1.82) is 0 Å². The summed E-state index contributed by atoms with van der Waals surface area (Å²) in [6.07, 6.45) is 2.29. The summed E-state index contributed by atoms with van der Waals surface area (Å²) in [5.74, 6) is 0. The Morgan fingerprint density at radius 2 is 2.29 bits per heavy atom. The van der Waals surface area contributed by atoms with E-state index in [0.29, 0.717) is 34.7 Å². The molecule has 0 bridgehead atoms. The van der Waals surface area contributed by atoms with Crippen LogP contribution in [0.25, 0.3) is 0 Å². The number of hydrogen-bond donors (Lipinski definition) is 1. The van der Waals surface area contributed by atoms with E-state index >= 15 is 0 Å². The summed E-state index contributed by atoms with van der Waals surface area (Å²) < 4.78 is 0. The van der Waals surface area contributed by atoms with Crippen molar-refractivity contribution in [2.75, 3.05) is 12.3 Å². The lowest BCUT2D eigenvalue weighted by atomic mass is 10.1. The summed E-state index contributed by atoms with van der Waals surface area (Å²) in [6, 6.07) is 3.24. The largest absolute Gasteiger partial charge is 0.398 e. The molecule has 0 radical (unpaired) electrons. The molecule has 0 aliphatic rings. The molecule has 0 fully saturated rings. The molecule has 0 saturated carbocycles. The topological polar surface area (TPSA) is 55.4 Å². The first kappa shape index (κ1) is 10.7. The fourth-order valence-corrected chi connectivity index (χ4v) is 1.29. The molecule has 4 heteroatoms. The number of aliphatic imine (C=N–C) groups is 1. The minimum Gasteiger partial charge on any atom is -0.398 e. The number of carbonyl (C=O) groups excluding carboxylic acids is 1. The number of nitrogens with two attached hydrogens (primary N) is 1. The van der Waals surface area contributed by atoms with Gasteiger partial charge in [-0.1, -0.05) is 11.6 Å². The number of benzene rings is 1. The molecule has 1 aromatic carbocycles. The van der Waals surface area contributed by atoms with Crippen LogP contribution in [0.15, 0.2) is 17.1 Å². The first-order valence-electron chi connectivity index (χ1n) is 4.23. The summed E-state index contributed by atoms with van der Waals surface area (Å²) >= 11 is 5.95. The van der Waals surface area contributed by atoms with Gasteiger partial charge in [0.05, 0.1) is 5.02 Å². The van der Waals surface area contributed by atoms with Gasteiger partial charge in [0.2, 0.25) is 0 Å². The molecule has 0 heterocycles. The third-order valence-electron chi connectivity index (χ3n) is 1.77. The fourth-order valence-electron chi connectivity index (χ4n) is 1.03. The van der Waals surface area contributed by atoms with Crippen LogP contribution in [-0.4, -0.2) is 19.0 Å². The second-order valence-electron chi connectivity index (χ2n) is 2.72. The smallest absolute Gasteiger partial charge is 0.151 e. The summed E-state index contributed by atoms with van der Waals surface area (Å²) in [6.45, 7) is 2.56. The van der Waals surface area contributed by atoms with Crippen LogP contribution < -0.4 is 5.73 Å². The Morgan fingerprint density at radius 3 is 2.86 bits per heavy atom. The van der Waals surface area contributed by atoms with Crippen molar-refractivity contribution in [3.05, 3.63) is 28.3 Å². The van der Waals surface area contributed by atoms with Crippen molar-refractivity contribution in [2.45, 2.75) is 6.92 Å². The minimum absolute atomic E-state index is 0.359. The highest BCUT2D eigenvalue weighted by molar-refractivity contribution is 6.36. The van der Waals surface area contributed by atoms with E-state index in [2.05, 4.69) is 4.99 Å². The van der Waals surface area contributed by atoms with E-state index in [-0.39, 0.29) is 0 Å². The van der Waals surface area contributed by atoms with Crippen LogP contribution in [0.4, 0.5) is 5.69 Å². The predicted molar refractivity (Wildman–Crippen MR) is 59.4 cm³/mol.